The number of aromatic nitrogens is 2. The van der Waals surface area contributed by atoms with Crippen molar-refractivity contribution in [1.82, 2.24) is 9.55 Å². The van der Waals surface area contributed by atoms with Crippen LogP contribution in [0.4, 0.5) is 13.2 Å². The third-order valence-corrected chi connectivity index (χ3v) is 6.22. The van der Waals surface area contributed by atoms with Crippen LogP contribution < -0.4 is 4.74 Å². The molecule has 1 heterocycles. The number of benzene rings is 3. The van der Waals surface area contributed by atoms with Crippen molar-refractivity contribution in [2.45, 2.75) is 17.7 Å². The highest BCUT2D eigenvalue weighted by Gasteiger charge is 2.33. The van der Waals surface area contributed by atoms with Crippen LogP contribution in [-0.2, 0) is 22.6 Å². The van der Waals surface area contributed by atoms with E-state index in [0.29, 0.717) is 22.0 Å². The van der Waals surface area contributed by atoms with Crippen LogP contribution >= 0.6 is 11.6 Å². The van der Waals surface area contributed by atoms with Crippen LogP contribution in [0.2, 0.25) is 5.02 Å². The predicted octanol–water partition coefficient (Wildman–Crippen LogP) is 5.68. The molecule has 0 saturated carbocycles. The molecule has 0 radical (unpaired) electrons. The molecule has 1 aromatic heterocycles. The van der Waals surface area contributed by atoms with Gasteiger partial charge in [-0.25, -0.2) is 13.4 Å². The molecule has 0 saturated heterocycles. The minimum atomic E-state index is -4.53. The van der Waals surface area contributed by atoms with Gasteiger partial charge in [0.05, 0.1) is 26.7 Å². The van der Waals surface area contributed by atoms with E-state index in [1.54, 1.807) is 30.3 Å². The van der Waals surface area contributed by atoms with Gasteiger partial charge < -0.3 is 4.74 Å². The quantitative estimate of drug-likeness (QED) is 0.368. The van der Waals surface area contributed by atoms with E-state index in [-0.39, 0.29) is 22.5 Å². The highest BCUT2D eigenvalue weighted by molar-refractivity contribution is 7.90. The van der Waals surface area contributed by atoms with Gasteiger partial charge in [-0.1, -0.05) is 29.8 Å². The lowest BCUT2D eigenvalue weighted by molar-refractivity contribution is -0.136. The molecular weight excluding hydrogens is 465 g/mol. The number of rotatable bonds is 5. The summed E-state index contributed by atoms with van der Waals surface area (Å²) in [5.74, 6) is 0.406. The van der Waals surface area contributed by atoms with Gasteiger partial charge in [0, 0.05) is 12.3 Å². The summed E-state index contributed by atoms with van der Waals surface area (Å²) in [7, 11) is -3.35. The Bertz CT molecular complexity index is 1420. The molecule has 0 aliphatic rings. The van der Waals surface area contributed by atoms with Crippen LogP contribution in [0, 0.1) is 0 Å². The van der Waals surface area contributed by atoms with Crippen molar-refractivity contribution in [2.75, 3.05) is 6.26 Å². The van der Waals surface area contributed by atoms with Crippen molar-refractivity contribution in [3.8, 4) is 11.4 Å². The zero-order valence-corrected chi connectivity index (χ0v) is 18.2. The monoisotopic (exact) mass is 480 g/mol. The summed E-state index contributed by atoms with van der Waals surface area (Å²) in [4.78, 5) is 4.13. The van der Waals surface area contributed by atoms with E-state index in [0.717, 1.165) is 12.3 Å². The molecule has 166 valence electrons. The Balaban J connectivity index is 1.66. The Morgan fingerprint density at radius 1 is 1.06 bits per heavy atom. The number of nitrogens with zero attached hydrogens (tertiary/aromatic N) is 2. The second kappa shape index (κ2) is 8.14. The molecule has 0 atom stereocenters. The lowest BCUT2D eigenvalue weighted by Crippen LogP contribution is -2.05. The van der Waals surface area contributed by atoms with Crippen LogP contribution in [0.25, 0.3) is 16.7 Å². The molecule has 4 rings (SSSR count). The fourth-order valence-corrected chi connectivity index (χ4v) is 4.16. The predicted molar refractivity (Wildman–Crippen MR) is 115 cm³/mol. The summed E-state index contributed by atoms with van der Waals surface area (Å²) in [6.07, 6.45) is -2.13. The molecule has 32 heavy (non-hydrogen) atoms. The molecule has 0 bridgehead atoms. The maximum Gasteiger partial charge on any atom is 0.418 e. The maximum atomic E-state index is 13.3. The highest BCUT2D eigenvalue weighted by Crippen LogP contribution is 2.36. The van der Waals surface area contributed by atoms with Crippen LogP contribution in [0.5, 0.6) is 5.75 Å². The van der Waals surface area contributed by atoms with Crippen molar-refractivity contribution in [3.05, 3.63) is 83.1 Å². The Kier molecular flexibility index (Phi) is 5.64. The number of fused-ring (bicyclic) bond motifs is 1. The van der Waals surface area contributed by atoms with E-state index >= 15 is 0 Å². The van der Waals surface area contributed by atoms with Gasteiger partial charge in [-0.15, -0.1) is 0 Å². The summed E-state index contributed by atoms with van der Waals surface area (Å²) in [6.45, 7) is 0.0906. The Morgan fingerprint density at radius 2 is 1.81 bits per heavy atom. The van der Waals surface area contributed by atoms with Crippen molar-refractivity contribution in [1.29, 1.82) is 0 Å². The normalized spacial score (nSPS) is 12.3. The lowest BCUT2D eigenvalue weighted by Gasteiger charge is -2.12. The molecule has 0 N–H and O–H groups in total. The largest absolute Gasteiger partial charge is 0.489 e. The van der Waals surface area contributed by atoms with E-state index in [2.05, 4.69) is 4.98 Å². The molecule has 0 fully saturated rings. The minimum Gasteiger partial charge on any atom is -0.489 e. The average Bonchev–Trinajstić information content (AvgIpc) is 3.16. The smallest absolute Gasteiger partial charge is 0.418 e. The van der Waals surface area contributed by atoms with Crippen molar-refractivity contribution in [2.24, 2.45) is 0 Å². The number of sulfone groups is 1. The van der Waals surface area contributed by atoms with Crippen LogP contribution in [0.1, 0.15) is 11.1 Å². The number of halogens is 4. The van der Waals surface area contributed by atoms with E-state index in [1.165, 1.54) is 35.2 Å². The van der Waals surface area contributed by atoms with Crippen LogP contribution in [0.3, 0.4) is 0 Å². The van der Waals surface area contributed by atoms with Gasteiger partial charge in [-0.2, -0.15) is 13.2 Å². The summed E-state index contributed by atoms with van der Waals surface area (Å²) >= 11 is 6.31. The van der Waals surface area contributed by atoms with E-state index < -0.39 is 21.6 Å². The molecule has 3 aromatic carbocycles. The van der Waals surface area contributed by atoms with E-state index in [4.69, 9.17) is 16.3 Å². The molecule has 0 aliphatic carbocycles. The van der Waals surface area contributed by atoms with Crippen LogP contribution in [-0.4, -0.2) is 24.2 Å². The first-order valence-electron chi connectivity index (χ1n) is 9.29. The molecule has 0 spiro atoms. The fraction of sp³-hybridized carbons (Fsp3) is 0.136. The highest BCUT2D eigenvalue weighted by atomic mass is 35.5. The van der Waals surface area contributed by atoms with Gasteiger partial charge in [0.15, 0.2) is 9.84 Å². The number of hydrogen-bond acceptors (Lipinski definition) is 4. The molecule has 10 heteroatoms. The number of para-hydroxylation sites is 1. The summed E-state index contributed by atoms with van der Waals surface area (Å²) in [6, 6.07) is 15.0. The van der Waals surface area contributed by atoms with Crippen molar-refractivity contribution >= 4 is 32.5 Å². The molecule has 4 aromatic rings. The van der Waals surface area contributed by atoms with Gasteiger partial charge >= 0.3 is 6.18 Å². The third kappa shape index (κ3) is 4.44. The second-order valence-corrected chi connectivity index (χ2v) is 9.53. The molecule has 0 amide bonds. The van der Waals surface area contributed by atoms with Crippen molar-refractivity contribution in [3.63, 3.8) is 0 Å². The second-order valence-electron chi connectivity index (χ2n) is 7.11. The molecular formula is C22H16ClF3N2O3S. The molecule has 5 nitrogen and oxygen atoms in total. The third-order valence-electron chi connectivity index (χ3n) is 4.79. The maximum absolute atomic E-state index is 13.3. The molecule has 0 aliphatic heterocycles. The minimum absolute atomic E-state index is 0.0906. The van der Waals surface area contributed by atoms with Crippen LogP contribution in [0.15, 0.2) is 71.9 Å². The van der Waals surface area contributed by atoms with Crippen molar-refractivity contribution < 1.29 is 26.3 Å². The lowest BCUT2D eigenvalue weighted by atomic mass is 10.1. The standard InChI is InChI=1S/C22H16ClF3N2O3S/c1-32(29,30)16-5-2-4-14(10-16)12-31-15-8-9-18(23)20(11-15)28-13-27-21-17(22(24,25)26)6-3-7-19(21)28/h2-11,13H,12H2,1H3. The summed E-state index contributed by atoms with van der Waals surface area (Å²) in [5, 5.41) is 0.299. The Hall–Kier alpha value is -3.04. The summed E-state index contributed by atoms with van der Waals surface area (Å²) < 4.78 is 70.6. The van der Waals surface area contributed by atoms with Gasteiger partial charge in [0.25, 0.3) is 0 Å². The van der Waals surface area contributed by atoms with E-state index in [1.807, 2.05) is 0 Å². The van der Waals surface area contributed by atoms with Gasteiger partial charge in [0.1, 0.15) is 24.2 Å². The number of alkyl halides is 3. The fourth-order valence-electron chi connectivity index (χ4n) is 3.26. The number of imidazole rings is 1. The first kappa shape index (κ1) is 22.2. The van der Waals surface area contributed by atoms with Gasteiger partial charge in [-0.3, -0.25) is 4.57 Å². The zero-order chi connectivity index (χ0) is 23.1. The van der Waals surface area contributed by atoms with Gasteiger partial charge in [0.2, 0.25) is 0 Å². The zero-order valence-electron chi connectivity index (χ0n) is 16.6. The average molecular weight is 481 g/mol. The topological polar surface area (TPSA) is 61.2 Å². The number of hydrogen-bond donors (Lipinski definition) is 0. The SMILES string of the molecule is CS(=O)(=O)c1cccc(COc2ccc(Cl)c(-n3cnc4c(C(F)(F)F)cccc43)c2)c1. The Labute approximate surface area is 186 Å². The molecule has 0 unspecified atom stereocenters. The Morgan fingerprint density at radius 3 is 2.53 bits per heavy atom. The first-order valence-corrected chi connectivity index (χ1v) is 11.6. The first-order chi connectivity index (χ1) is 15.0. The number of ether oxygens (including phenoxy) is 1. The summed E-state index contributed by atoms with van der Waals surface area (Å²) in [5.41, 5.74) is 0.283. The van der Waals surface area contributed by atoms with E-state index in [9.17, 15) is 21.6 Å². The van der Waals surface area contributed by atoms with Gasteiger partial charge in [-0.05, 0) is 42.0 Å².